The smallest absolute Gasteiger partial charge is 0.335 e. The first-order valence-corrected chi connectivity index (χ1v) is 14.9. The van der Waals surface area contributed by atoms with Crippen LogP contribution in [0.3, 0.4) is 0 Å². The number of hydrogen-bond donors (Lipinski definition) is 4. The molecule has 0 aliphatic rings. The van der Waals surface area contributed by atoms with Gasteiger partial charge in [-0.25, -0.2) is 27.5 Å². The Morgan fingerprint density at radius 1 is 1.05 bits per heavy atom. The van der Waals surface area contributed by atoms with Gasteiger partial charge < -0.3 is 10.2 Å². The van der Waals surface area contributed by atoms with Gasteiger partial charge in [-0.1, -0.05) is 11.3 Å². The van der Waals surface area contributed by atoms with Crippen LogP contribution in [-0.4, -0.2) is 59.3 Å². The molecule has 0 bridgehead atoms. The van der Waals surface area contributed by atoms with E-state index in [0.29, 0.717) is 15.5 Å². The number of pyridine rings is 1. The molecule has 0 unspecified atom stereocenters. The number of aromatic nitrogens is 2. The lowest BCUT2D eigenvalue weighted by Crippen LogP contribution is -2.32. The van der Waals surface area contributed by atoms with Gasteiger partial charge in [0.05, 0.1) is 32.6 Å². The van der Waals surface area contributed by atoms with Crippen molar-refractivity contribution in [2.75, 3.05) is 6.26 Å². The summed E-state index contributed by atoms with van der Waals surface area (Å²) in [5, 5.41) is 27.8. The zero-order valence-corrected chi connectivity index (χ0v) is 22.7. The lowest BCUT2D eigenvalue weighted by atomic mass is 10.1. The van der Waals surface area contributed by atoms with Crippen LogP contribution in [0.5, 0.6) is 5.88 Å². The zero-order chi connectivity index (χ0) is 29.6. The maximum atomic E-state index is 13.4. The highest BCUT2D eigenvalue weighted by molar-refractivity contribution is 7.89. The number of aromatic hydroxyl groups is 1. The standard InChI is InChI=1S/C22H17N5O10S3/c1-10-16(18(28)26-39(2,33)34)19(29)27(12-5-3-11(4-6-12)21(31)32)20(30)17(10)24-25-22-23-14-9-13(40(35,36)37)7-8-15(14)38-22/h3-9,29H,1-2H3,(H,26,28)(H,31,32)(H,35,36,37). The number of nitrogens with one attached hydrogen (secondary N) is 1. The van der Waals surface area contributed by atoms with Crippen molar-refractivity contribution in [2.24, 2.45) is 10.2 Å². The topological polar surface area (TPSA) is 235 Å². The van der Waals surface area contributed by atoms with Crippen molar-refractivity contribution in [2.45, 2.75) is 11.8 Å². The van der Waals surface area contributed by atoms with E-state index in [1.54, 1.807) is 4.72 Å². The summed E-state index contributed by atoms with van der Waals surface area (Å²) >= 11 is 0.954. The number of fused-ring (bicyclic) bond motifs is 1. The molecule has 4 rings (SSSR count). The molecule has 0 aliphatic heterocycles. The molecule has 15 nitrogen and oxygen atoms in total. The third-order valence-electron chi connectivity index (χ3n) is 5.33. The number of carbonyl (C=O) groups excluding carboxylic acids is 1. The van der Waals surface area contributed by atoms with Gasteiger partial charge in [0.15, 0.2) is 5.69 Å². The number of sulfonamides is 1. The molecule has 0 saturated heterocycles. The molecule has 4 aromatic rings. The zero-order valence-electron chi connectivity index (χ0n) is 20.3. The number of carbonyl (C=O) groups is 2. The fraction of sp³-hybridized carbons (Fsp3) is 0.0909. The summed E-state index contributed by atoms with van der Waals surface area (Å²) in [6.07, 6.45) is 0.707. The molecule has 2 aromatic heterocycles. The van der Waals surface area contributed by atoms with E-state index in [9.17, 15) is 40.9 Å². The number of azo groups is 1. The van der Waals surface area contributed by atoms with Crippen molar-refractivity contribution >= 4 is 64.4 Å². The number of rotatable bonds is 7. The lowest BCUT2D eigenvalue weighted by molar-refractivity contribution is 0.0696. The SMILES string of the molecule is Cc1c(C(=O)NS(C)(=O)=O)c(O)n(-c2ccc(C(=O)O)cc2)c(=O)c1N=Nc1nc2cc(S(=O)(=O)O)ccc2s1. The molecule has 0 radical (unpaired) electrons. The van der Waals surface area contributed by atoms with E-state index in [-0.39, 0.29) is 27.5 Å². The molecule has 1 amide bonds. The summed E-state index contributed by atoms with van der Waals surface area (Å²) in [5.74, 6) is -3.47. The number of carboxylic acid groups (broad SMARTS) is 1. The second-order valence-electron chi connectivity index (χ2n) is 8.17. The van der Waals surface area contributed by atoms with E-state index in [4.69, 9.17) is 5.11 Å². The van der Waals surface area contributed by atoms with E-state index in [2.05, 4.69) is 15.2 Å². The number of carboxylic acids is 1. The van der Waals surface area contributed by atoms with Crippen LogP contribution in [0, 0.1) is 6.92 Å². The van der Waals surface area contributed by atoms with Crippen LogP contribution in [0.15, 0.2) is 62.4 Å². The molecule has 208 valence electrons. The summed E-state index contributed by atoms with van der Waals surface area (Å²) in [6.45, 7) is 1.22. The molecule has 2 heterocycles. The Hall–Kier alpha value is -4.52. The van der Waals surface area contributed by atoms with Gasteiger partial charge in [0, 0.05) is 5.56 Å². The third kappa shape index (κ3) is 5.73. The summed E-state index contributed by atoms with van der Waals surface area (Å²) in [5.41, 5.74) is -2.39. The number of nitrogens with zero attached hydrogens (tertiary/aromatic N) is 4. The van der Waals surface area contributed by atoms with Crippen molar-refractivity contribution in [3.05, 3.63) is 69.5 Å². The summed E-state index contributed by atoms with van der Waals surface area (Å²) in [4.78, 5) is 41.1. The Labute approximate surface area is 228 Å². The van der Waals surface area contributed by atoms with Gasteiger partial charge in [0.2, 0.25) is 21.0 Å². The second-order valence-corrected chi connectivity index (χ2v) is 12.3. The minimum atomic E-state index is -4.49. The van der Waals surface area contributed by atoms with E-state index in [0.717, 1.165) is 35.6 Å². The van der Waals surface area contributed by atoms with Crippen molar-refractivity contribution in [1.82, 2.24) is 14.3 Å². The van der Waals surface area contributed by atoms with E-state index in [1.165, 1.54) is 25.1 Å². The lowest BCUT2D eigenvalue weighted by Gasteiger charge is -2.16. The van der Waals surface area contributed by atoms with Crippen LogP contribution in [0.2, 0.25) is 0 Å². The maximum absolute atomic E-state index is 13.4. The van der Waals surface area contributed by atoms with Crippen molar-refractivity contribution in [1.29, 1.82) is 0 Å². The van der Waals surface area contributed by atoms with Crippen LogP contribution in [-0.2, 0) is 20.1 Å². The molecular weight excluding hydrogens is 590 g/mol. The molecule has 0 fully saturated rings. The third-order valence-corrected chi connectivity index (χ3v) is 7.66. The van der Waals surface area contributed by atoms with Gasteiger partial charge >= 0.3 is 5.97 Å². The summed E-state index contributed by atoms with van der Waals surface area (Å²) in [7, 11) is -8.58. The first-order chi connectivity index (χ1) is 18.6. The molecular formula is C22H17N5O10S3. The van der Waals surface area contributed by atoms with Crippen molar-refractivity contribution in [3.8, 4) is 11.6 Å². The quantitative estimate of drug-likeness (QED) is 0.176. The van der Waals surface area contributed by atoms with Crippen LogP contribution < -0.4 is 10.3 Å². The number of amides is 1. The Kier molecular flexibility index (Phi) is 7.28. The largest absolute Gasteiger partial charge is 0.494 e. The number of hydrogen-bond acceptors (Lipinski definition) is 12. The predicted molar refractivity (Wildman–Crippen MR) is 141 cm³/mol. The van der Waals surface area contributed by atoms with E-state index in [1.807, 2.05) is 0 Å². The Morgan fingerprint density at radius 2 is 1.70 bits per heavy atom. The summed E-state index contributed by atoms with van der Waals surface area (Å²) in [6, 6.07) is 8.28. The highest BCUT2D eigenvalue weighted by Crippen LogP contribution is 2.33. The first kappa shape index (κ1) is 28.5. The monoisotopic (exact) mass is 607 g/mol. The van der Waals surface area contributed by atoms with Crippen LogP contribution >= 0.6 is 11.3 Å². The highest BCUT2D eigenvalue weighted by atomic mass is 32.2. The number of thiazole rings is 1. The van der Waals surface area contributed by atoms with E-state index >= 15 is 0 Å². The average Bonchev–Trinajstić information content (AvgIpc) is 3.24. The van der Waals surface area contributed by atoms with Gasteiger partial charge in [-0.15, -0.1) is 10.2 Å². The molecule has 0 aliphatic carbocycles. The minimum absolute atomic E-state index is 0.0474. The molecule has 0 spiro atoms. The normalized spacial score (nSPS) is 12.2. The molecule has 0 atom stereocenters. The predicted octanol–water partition coefficient (Wildman–Crippen LogP) is 2.51. The molecule has 4 N–H and O–H groups in total. The molecule has 18 heteroatoms. The van der Waals surface area contributed by atoms with Gasteiger partial charge in [0.1, 0.15) is 5.56 Å². The number of benzene rings is 2. The number of aromatic carboxylic acids is 1. The van der Waals surface area contributed by atoms with Gasteiger partial charge in [-0.3, -0.25) is 14.1 Å². The van der Waals surface area contributed by atoms with Gasteiger partial charge in [0.25, 0.3) is 21.6 Å². The van der Waals surface area contributed by atoms with Gasteiger partial charge in [-0.2, -0.15) is 8.42 Å². The van der Waals surface area contributed by atoms with Gasteiger partial charge in [-0.05, 0) is 49.4 Å². The Balaban J connectivity index is 1.90. The first-order valence-electron chi connectivity index (χ1n) is 10.7. The average molecular weight is 608 g/mol. The second kappa shape index (κ2) is 10.2. The van der Waals surface area contributed by atoms with Crippen molar-refractivity contribution in [3.63, 3.8) is 0 Å². The van der Waals surface area contributed by atoms with E-state index < -0.39 is 59.6 Å². The Bertz CT molecular complexity index is 2010. The van der Waals surface area contributed by atoms with Crippen molar-refractivity contribution < 1.29 is 41.2 Å². The minimum Gasteiger partial charge on any atom is -0.494 e. The molecule has 40 heavy (non-hydrogen) atoms. The fourth-order valence-corrected chi connectivity index (χ4v) is 5.26. The van der Waals surface area contributed by atoms with Crippen LogP contribution in [0.1, 0.15) is 26.3 Å². The highest BCUT2D eigenvalue weighted by Gasteiger charge is 2.27. The fourth-order valence-electron chi connectivity index (χ4n) is 3.55. The van der Waals surface area contributed by atoms with Crippen LogP contribution in [0.25, 0.3) is 15.9 Å². The Morgan fingerprint density at radius 3 is 2.27 bits per heavy atom. The maximum Gasteiger partial charge on any atom is 0.335 e. The molecule has 0 saturated carbocycles. The summed E-state index contributed by atoms with van der Waals surface area (Å²) < 4.78 is 58.2. The molecule has 2 aromatic carbocycles. The van der Waals surface area contributed by atoms with Crippen LogP contribution in [0.4, 0.5) is 10.8 Å².